The molecule has 0 saturated carbocycles. The molecule has 3 heterocycles. The molecule has 1 unspecified atom stereocenters. The van der Waals surface area contributed by atoms with Gasteiger partial charge in [-0.25, -0.2) is 4.79 Å². The molecule has 2 aliphatic rings. The van der Waals surface area contributed by atoms with Gasteiger partial charge in [0.1, 0.15) is 18.3 Å². The van der Waals surface area contributed by atoms with E-state index in [1.165, 1.54) is 18.3 Å². The number of ether oxygens (including phenoxy) is 1. The van der Waals surface area contributed by atoms with Crippen molar-refractivity contribution in [1.82, 2.24) is 9.13 Å². The topological polar surface area (TPSA) is 118 Å². The molecule has 4 rings (SSSR count). The lowest BCUT2D eigenvalue weighted by Gasteiger charge is -2.51. The molecule has 0 amide bonds. The molecule has 2 aromatic rings. The van der Waals surface area contributed by atoms with E-state index in [0.717, 1.165) is 10.6 Å². The fourth-order valence-electron chi connectivity index (χ4n) is 5.95. The Labute approximate surface area is 237 Å². The van der Waals surface area contributed by atoms with Crippen LogP contribution in [0.5, 0.6) is 0 Å². The highest BCUT2D eigenvalue weighted by Crippen LogP contribution is 2.48. The lowest BCUT2D eigenvalue weighted by atomic mass is 10.1. The summed E-state index contributed by atoms with van der Waals surface area (Å²) >= 11 is 0. The van der Waals surface area contributed by atoms with Gasteiger partial charge in [-0.1, -0.05) is 73.6 Å². The summed E-state index contributed by atoms with van der Waals surface area (Å²) in [6, 6.07) is 9.21. The van der Waals surface area contributed by atoms with Crippen LogP contribution in [0.1, 0.15) is 72.0 Å². The molecule has 2 aliphatic heterocycles. The van der Waals surface area contributed by atoms with E-state index in [-0.39, 0.29) is 34.3 Å². The quantitative estimate of drug-likeness (QED) is 0.503. The van der Waals surface area contributed by atoms with Crippen molar-refractivity contribution in [2.75, 3.05) is 6.61 Å². The smallest absolute Gasteiger partial charge is 0.340 e. The number of carbonyl (C=O) groups is 1. The molecule has 1 N–H and O–H groups in total. The monoisotopic (exact) mass is 590 g/mol. The van der Waals surface area contributed by atoms with Crippen LogP contribution < -0.4 is 11.2 Å². The molecule has 40 heavy (non-hydrogen) atoms. The molecule has 0 radical (unpaired) electrons. The lowest BCUT2D eigenvalue weighted by molar-refractivity contribution is -0.0603. The maximum Gasteiger partial charge on any atom is 0.340 e. The Bertz CT molecular complexity index is 1310. The van der Waals surface area contributed by atoms with E-state index in [0.29, 0.717) is 4.57 Å². The average Bonchev–Trinajstić information content (AvgIpc) is 3.17. The summed E-state index contributed by atoms with van der Waals surface area (Å²) in [5.41, 5.74) is -1.13. The third-order valence-electron chi connectivity index (χ3n) is 8.15. The van der Waals surface area contributed by atoms with Crippen molar-refractivity contribution in [3.8, 4) is 0 Å². The summed E-state index contributed by atoms with van der Waals surface area (Å²) in [7, 11) is -5.86. The van der Waals surface area contributed by atoms with Crippen molar-refractivity contribution in [3.05, 3.63) is 69.0 Å². The molecule has 1 aromatic carbocycles. The Morgan fingerprint density at radius 3 is 2.02 bits per heavy atom. The molecule has 220 valence electrons. The number of aliphatic hydroxyl groups excluding tert-OH is 1. The van der Waals surface area contributed by atoms with E-state index in [2.05, 4.69) is 55.4 Å². The van der Waals surface area contributed by atoms with E-state index in [1.807, 2.05) is 0 Å². The van der Waals surface area contributed by atoms with Gasteiger partial charge in [0, 0.05) is 17.8 Å². The second kappa shape index (κ2) is 11.6. The van der Waals surface area contributed by atoms with Gasteiger partial charge < -0.3 is 22.8 Å². The molecule has 0 spiro atoms. The van der Waals surface area contributed by atoms with Crippen molar-refractivity contribution in [2.45, 2.75) is 102 Å². The number of aliphatic hydroxyl groups is 1. The predicted octanol–water partition coefficient (Wildman–Crippen LogP) is 3.91. The Morgan fingerprint density at radius 2 is 1.48 bits per heavy atom. The summed E-state index contributed by atoms with van der Waals surface area (Å²) in [6.07, 6.45) is -2.73. The van der Waals surface area contributed by atoms with Crippen LogP contribution in [0.2, 0.25) is 22.2 Å². The van der Waals surface area contributed by atoms with Gasteiger partial charge in [0.05, 0.1) is 6.61 Å². The van der Waals surface area contributed by atoms with Gasteiger partial charge in [-0.3, -0.25) is 14.2 Å². The first-order valence-electron chi connectivity index (χ1n) is 14.1. The van der Waals surface area contributed by atoms with Crippen LogP contribution in [-0.4, -0.2) is 62.2 Å². The van der Waals surface area contributed by atoms with Crippen LogP contribution in [0.25, 0.3) is 0 Å². The third-order valence-corrected chi connectivity index (χ3v) is 18.4. The second-order valence-corrected chi connectivity index (χ2v) is 20.8. The molecule has 0 bridgehead atoms. The van der Waals surface area contributed by atoms with E-state index in [4.69, 9.17) is 17.7 Å². The molecule has 10 nitrogen and oxygen atoms in total. The number of fused-ring (bicyclic) bond motifs is 1. The fraction of sp³-hybridized carbons (Fsp3) is 0.607. The lowest BCUT2D eigenvalue weighted by Crippen LogP contribution is -2.65. The normalized spacial score (nSPS) is 26.2. The second-order valence-electron chi connectivity index (χ2n) is 12.0. The number of aromatic nitrogens is 2. The van der Waals surface area contributed by atoms with E-state index in [9.17, 15) is 19.5 Å². The highest BCUT2D eigenvalue weighted by molar-refractivity contribution is 6.84. The van der Waals surface area contributed by atoms with Crippen molar-refractivity contribution in [1.29, 1.82) is 0 Å². The largest absolute Gasteiger partial charge is 0.414 e. The van der Waals surface area contributed by atoms with Crippen molar-refractivity contribution in [2.24, 2.45) is 0 Å². The van der Waals surface area contributed by atoms with Crippen molar-refractivity contribution in [3.63, 3.8) is 0 Å². The molecule has 4 atom stereocenters. The third kappa shape index (κ3) is 5.15. The van der Waals surface area contributed by atoms with Crippen LogP contribution in [-0.2, 0) is 17.7 Å². The summed E-state index contributed by atoms with van der Waals surface area (Å²) in [6.45, 7) is 16.9. The first-order valence-corrected chi connectivity index (χ1v) is 18.0. The first kappa shape index (κ1) is 30.8. The Balaban J connectivity index is 1.78. The highest BCUT2D eigenvalue weighted by atomic mass is 28.5. The van der Waals surface area contributed by atoms with Crippen molar-refractivity contribution < 1.29 is 27.6 Å². The Hall–Kier alpha value is -2.20. The predicted molar refractivity (Wildman–Crippen MR) is 155 cm³/mol. The minimum atomic E-state index is -3.03. The van der Waals surface area contributed by atoms with Crippen LogP contribution in [0.15, 0.2) is 52.2 Å². The van der Waals surface area contributed by atoms with Gasteiger partial charge in [0.15, 0.2) is 6.23 Å². The molecule has 12 heteroatoms. The molecule has 2 saturated heterocycles. The Morgan fingerprint density at radius 1 is 0.900 bits per heavy atom. The van der Waals surface area contributed by atoms with E-state index in [1.54, 1.807) is 18.2 Å². The number of carbonyl (C=O) groups excluding carboxylic acids is 1. The van der Waals surface area contributed by atoms with Gasteiger partial charge in [-0.2, -0.15) is 4.57 Å². The first-order chi connectivity index (χ1) is 18.8. The molecule has 0 aliphatic carbocycles. The summed E-state index contributed by atoms with van der Waals surface area (Å²) < 4.78 is 28.7. The minimum Gasteiger partial charge on any atom is -0.414 e. The zero-order chi connectivity index (χ0) is 29.6. The fourth-order valence-corrected chi connectivity index (χ4v) is 17.2. The van der Waals surface area contributed by atoms with Gasteiger partial charge in [-0.05, 0) is 34.3 Å². The molecular weight excluding hydrogens is 548 g/mol. The number of nitrogens with zero attached hydrogens (tertiary/aromatic N) is 2. The number of hydrogen-bond donors (Lipinski definition) is 1. The molecular formula is C28H42N2O8Si2. The summed E-state index contributed by atoms with van der Waals surface area (Å²) in [5, 5.41) is 11.6. The average molecular weight is 591 g/mol. The maximum absolute atomic E-state index is 13.5. The summed E-state index contributed by atoms with van der Waals surface area (Å²) in [5.74, 6) is -0.757. The van der Waals surface area contributed by atoms with E-state index >= 15 is 0 Å². The van der Waals surface area contributed by atoms with Gasteiger partial charge in [-0.15, -0.1) is 0 Å². The standard InChI is InChI=1S/C28H42N2O8Si2/c1-17(2)39(18(3)4)35-16-22-25(37-40(38-39,19(5)6)20(7)8)24(32)27(36-22)29-15-14-23(31)30(28(29)34)26(33)21-12-10-9-11-13-21/h9-15,17-20,22,24-25,27,32H,16H2,1-8H3/t22-,24-,25-,27?/m1/s1. The van der Waals surface area contributed by atoms with Gasteiger partial charge >= 0.3 is 22.8 Å². The van der Waals surface area contributed by atoms with Crippen molar-refractivity contribution >= 4 is 23.0 Å². The highest BCUT2D eigenvalue weighted by Gasteiger charge is 2.61. The number of benzene rings is 1. The zero-order valence-electron chi connectivity index (χ0n) is 24.6. The van der Waals surface area contributed by atoms with Gasteiger partial charge in [0.25, 0.3) is 11.5 Å². The number of hydrogen-bond acceptors (Lipinski definition) is 8. The SMILES string of the molecule is CC(C)[Si]1(C(C)C)OC[C@H]2OC(n3ccc(=O)n(C(=O)c4ccccc4)c3=O)[C@H](O)[C@@H]2O[Si](C(C)C)(C(C)C)O1. The van der Waals surface area contributed by atoms with Crippen LogP contribution in [0.4, 0.5) is 0 Å². The van der Waals surface area contributed by atoms with E-state index < -0.39 is 58.8 Å². The van der Waals surface area contributed by atoms with Crippen LogP contribution in [0.3, 0.4) is 0 Å². The van der Waals surface area contributed by atoms with Crippen LogP contribution in [0, 0.1) is 0 Å². The number of rotatable bonds is 6. The minimum absolute atomic E-state index is 0.0404. The zero-order valence-corrected chi connectivity index (χ0v) is 26.6. The maximum atomic E-state index is 13.5. The molecule has 2 fully saturated rings. The van der Waals surface area contributed by atoms with Gasteiger partial charge in [0.2, 0.25) is 0 Å². The van der Waals surface area contributed by atoms with Crippen LogP contribution >= 0.6 is 0 Å². The summed E-state index contributed by atoms with van der Waals surface area (Å²) in [4.78, 5) is 39.3. The molecule has 1 aromatic heterocycles. The Kier molecular flexibility index (Phi) is 8.91.